The number of nitrogens with one attached hydrogen (secondary N) is 1. The highest BCUT2D eigenvalue weighted by molar-refractivity contribution is 7.71. The second-order valence-electron chi connectivity index (χ2n) is 6.21. The molecule has 1 aliphatic rings. The maximum atomic E-state index is 5.65. The Balaban J connectivity index is 1.49. The van der Waals surface area contributed by atoms with Crippen molar-refractivity contribution in [2.75, 3.05) is 6.54 Å². The van der Waals surface area contributed by atoms with E-state index in [-0.39, 0.29) is 0 Å². The van der Waals surface area contributed by atoms with E-state index in [1.807, 2.05) is 34.8 Å². The van der Waals surface area contributed by atoms with Crippen LogP contribution in [0.15, 0.2) is 56.2 Å². The van der Waals surface area contributed by atoms with Gasteiger partial charge < -0.3 is 13.7 Å². The number of nitrogens with zero attached hydrogens (tertiary/aromatic N) is 2. The molecular formula is C18H16N3O2S3+. The molecule has 0 amide bonds. The molecule has 8 heteroatoms. The summed E-state index contributed by atoms with van der Waals surface area (Å²) in [6, 6.07) is 10.6. The number of aromatic nitrogens is 2. The maximum Gasteiger partial charge on any atom is 0.292 e. The molecule has 1 aliphatic heterocycles. The number of furan rings is 1. The number of rotatable bonds is 4. The minimum Gasteiger partial charge on any atom is -0.459 e. The summed E-state index contributed by atoms with van der Waals surface area (Å²) < 4.78 is 12.8. The molecule has 5 heterocycles. The summed E-state index contributed by atoms with van der Waals surface area (Å²) in [7, 11) is 0. The molecular weight excluding hydrogens is 386 g/mol. The lowest BCUT2D eigenvalue weighted by molar-refractivity contribution is -0.950. The summed E-state index contributed by atoms with van der Waals surface area (Å²) in [5.41, 5.74) is 1.43. The minimum absolute atomic E-state index is 0.315. The van der Waals surface area contributed by atoms with Crippen molar-refractivity contribution >= 4 is 34.9 Å². The fourth-order valence-corrected chi connectivity index (χ4v) is 5.53. The van der Waals surface area contributed by atoms with Gasteiger partial charge >= 0.3 is 0 Å². The van der Waals surface area contributed by atoms with Crippen molar-refractivity contribution in [3.05, 3.63) is 67.5 Å². The summed E-state index contributed by atoms with van der Waals surface area (Å²) in [6.45, 7) is 1.71. The van der Waals surface area contributed by atoms with Gasteiger partial charge in [-0.1, -0.05) is 6.07 Å². The van der Waals surface area contributed by atoms with E-state index in [1.54, 1.807) is 10.9 Å². The van der Waals surface area contributed by atoms with Crippen LogP contribution in [0, 0.1) is 4.84 Å². The number of thiophene rings is 2. The van der Waals surface area contributed by atoms with Gasteiger partial charge in [0.2, 0.25) is 0 Å². The van der Waals surface area contributed by atoms with E-state index in [9.17, 15) is 0 Å². The molecule has 1 unspecified atom stereocenters. The standard InChI is InChI=1S/C18H15N3O2S3/c24-18-21(19-17(23-18)13-3-1-8-22-13)11-20-7-5-14-12(6-10-26-14)16(20)15-4-2-9-25-15/h1-4,6,8-10,16H,5,7,11H2/p+1/t16-/m0/s1. The zero-order valence-electron chi connectivity index (χ0n) is 13.8. The van der Waals surface area contributed by atoms with Gasteiger partial charge in [0.15, 0.2) is 18.5 Å². The van der Waals surface area contributed by atoms with Crippen LogP contribution in [0.4, 0.5) is 0 Å². The fraction of sp³-hybridized carbons (Fsp3) is 0.222. The first kappa shape index (κ1) is 16.2. The number of hydrogen-bond donors (Lipinski definition) is 1. The van der Waals surface area contributed by atoms with Gasteiger partial charge in [0.05, 0.1) is 17.7 Å². The van der Waals surface area contributed by atoms with E-state index in [0.29, 0.717) is 29.2 Å². The fourth-order valence-electron chi connectivity index (χ4n) is 3.53. The molecule has 5 rings (SSSR count). The van der Waals surface area contributed by atoms with Crippen LogP contribution in [-0.4, -0.2) is 16.3 Å². The smallest absolute Gasteiger partial charge is 0.292 e. The van der Waals surface area contributed by atoms with Crippen LogP contribution < -0.4 is 4.90 Å². The third-order valence-corrected chi connectivity index (χ3v) is 6.92. The van der Waals surface area contributed by atoms with E-state index >= 15 is 0 Å². The van der Waals surface area contributed by atoms with Crippen molar-refractivity contribution < 1.29 is 13.7 Å². The first-order valence-corrected chi connectivity index (χ1v) is 10.5. The van der Waals surface area contributed by atoms with Crippen LogP contribution in [0.1, 0.15) is 21.4 Å². The third-order valence-electron chi connectivity index (χ3n) is 4.69. The van der Waals surface area contributed by atoms with Crippen molar-refractivity contribution in [3.8, 4) is 11.7 Å². The lowest BCUT2D eigenvalue weighted by atomic mass is 9.99. The first-order valence-electron chi connectivity index (χ1n) is 8.35. The predicted molar refractivity (Wildman–Crippen MR) is 103 cm³/mol. The highest BCUT2D eigenvalue weighted by Gasteiger charge is 2.34. The van der Waals surface area contributed by atoms with Crippen LogP contribution in [0.5, 0.6) is 0 Å². The summed E-state index contributed by atoms with van der Waals surface area (Å²) in [6.07, 6.45) is 2.69. The number of hydrogen-bond acceptors (Lipinski definition) is 6. The molecule has 4 aromatic heterocycles. The maximum absolute atomic E-state index is 5.65. The van der Waals surface area contributed by atoms with Crippen LogP contribution in [0.25, 0.3) is 11.7 Å². The van der Waals surface area contributed by atoms with E-state index in [0.717, 1.165) is 13.0 Å². The molecule has 5 nitrogen and oxygen atoms in total. The molecule has 2 atom stereocenters. The lowest BCUT2D eigenvalue weighted by Crippen LogP contribution is -3.12. The largest absolute Gasteiger partial charge is 0.459 e. The Morgan fingerprint density at radius 3 is 3.00 bits per heavy atom. The van der Waals surface area contributed by atoms with Crippen LogP contribution in [0.3, 0.4) is 0 Å². The number of fused-ring (bicyclic) bond motifs is 1. The Kier molecular flexibility index (Phi) is 4.12. The summed E-state index contributed by atoms with van der Waals surface area (Å²) in [5, 5.41) is 8.89. The Labute approximate surface area is 163 Å². The van der Waals surface area contributed by atoms with Gasteiger partial charge in [0, 0.05) is 16.9 Å². The average Bonchev–Trinajstić information content (AvgIpc) is 3.43. The molecule has 0 spiro atoms. The summed E-state index contributed by atoms with van der Waals surface area (Å²) in [4.78, 5) is 4.67. The van der Waals surface area contributed by atoms with Crippen LogP contribution in [-0.2, 0) is 13.1 Å². The summed E-state index contributed by atoms with van der Waals surface area (Å²) in [5.74, 6) is 1.03. The normalized spacial score (nSPS) is 19.5. The van der Waals surface area contributed by atoms with E-state index in [1.165, 1.54) is 20.2 Å². The van der Waals surface area contributed by atoms with Crippen molar-refractivity contribution in [1.82, 2.24) is 9.78 Å². The highest BCUT2D eigenvalue weighted by atomic mass is 32.1. The minimum atomic E-state index is 0.315. The predicted octanol–water partition coefficient (Wildman–Crippen LogP) is 3.78. The quantitative estimate of drug-likeness (QED) is 0.528. The first-order chi connectivity index (χ1) is 12.8. The molecule has 0 fully saturated rings. The monoisotopic (exact) mass is 402 g/mol. The highest BCUT2D eigenvalue weighted by Crippen LogP contribution is 2.31. The molecule has 0 bridgehead atoms. The second-order valence-corrected chi connectivity index (χ2v) is 8.54. The lowest BCUT2D eigenvalue weighted by Gasteiger charge is -2.31. The van der Waals surface area contributed by atoms with Crippen LogP contribution in [0.2, 0.25) is 0 Å². The molecule has 0 radical (unpaired) electrons. The van der Waals surface area contributed by atoms with E-state index in [2.05, 4.69) is 34.1 Å². The van der Waals surface area contributed by atoms with Gasteiger partial charge in [0.1, 0.15) is 0 Å². The number of quaternary nitrogens is 1. The molecule has 0 aliphatic carbocycles. The van der Waals surface area contributed by atoms with Gasteiger partial charge in [-0.3, -0.25) is 0 Å². The van der Waals surface area contributed by atoms with Gasteiger partial charge in [-0.05, 0) is 47.2 Å². The summed E-state index contributed by atoms with van der Waals surface area (Å²) >= 11 is 9.06. The second kappa shape index (κ2) is 6.62. The van der Waals surface area contributed by atoms with E-state index in [4.69, 9.17) is 21.1 Å². The molecule has 0 saturated heterocycles. The molecule has 1 N–H and O–H groups in total. The molecule has 4 aromatic rings. The average molecular weight is 403 g/mol. The van der Waals surface area contributed by atoms with Gasteiger partial charge in [-0.25, -0.2) is 0 Å². The molecule has 0 aromatic carbocycles. The zero-order valence-corrected chi connectivity index (χ0v) is 16.2. The van der Waals surface area contributed by atoms with Crippen molar-refractivity contribution in [1.29, 1.82) is 0 Å². The Hall–Kier alpha value is -2.00. The Morgan fingerprint density at radius 2 is 2.19 bits per heavy atom. The van der Waals surface area contributed by atoms with Gasteiger partial charge in [0.25, 0.3) is 10.7 Å². The molecule has 132 valence electrons. The SMILES string of the molecule is S=c1oc(-c2ccco2)nn1C[NH+]1CCc2sccc2[C@H]1c1cccs1. The van der Waals surface area contributed by atoms with Gasteiger partial charge in [-0.15, -0.1) is 27.8 Å². The van der Waals surface area contributed by atoms with Crippen LogP contribution >= 0.6 is 34.9 Å². The topological polar surface area (TPSA) is 48.5 Å². The van der Waals surface area contributed by atoms with Crippen molar-refractivity contribution in [3.63, 3.8) is 0 Å². The van der Waals surface area contributed by atoms with E-state index < -0.39 is 0 Å². The van der Waals surface area contributed by atoms with Crippen molar-refractivity contribution in [2.45, 2.75) is 19.1 Å². The van der Waals surface area contributed by atoms with Gasteiger partial charge in [-0.2, -0.15) is 4.68 Å². The Bertz CT molecular complexity index is 1060. The Morgan fingerprint density at radius 1 is 1.23 bits per heavy atom. The third kappa shape index (κ3) is 2.79. The molecule has 0 saturated carbocycles. The zero-order chi connectivity index (χ0) is 17.5. The van der Waals surface area contributed by atoms with Crippen molar-refractivity contribution in [2.24, 2.45) is 0 Å². The molecule has 26 heavy (non-hydrogen) atoms.